The lowest BCUT2D eigenvalue weighted by atomic mass is 9.73. The zero-order valence-corrected chi connectivity index (χ0v) is 30.6. The van der Waals surface area contributed by atoms with E-state index >= 15 is 0 Å². The minimum Gasteiger partial charge on any atom is -0.459 e. The average Bonchev–Trinajstić information content (AvgIpc) is 3.07. The Morgan fingerprint density at radius 2 is 1.92 bits per heavy atom. The summed E-state index contributed by atoms with van der Waals surface area (Å²) in [7, 11) is 0. The average molecular weight is 697 g/mol. The second-order valence-corrected chi connectivity index (χ2v) is 14.6. The monoisotopic (exact) mass is 696 g/mol. The van der Waals surface area contributed by atoms with E-state index in [4.69, 9.17) is 18.9 Å². The van der Waals surface area contributed by atoms with Gasteiger partial charge in [-0.1, -0.05) is 101 Å². The number of esters is 2. The second-order valence-electron chi connectivity index (χ2n) is 14.6. The first-order valence-corrected chi connectivity index (χ1v) is 18.1. The van der Waals surface area contributed by atoms with Gasteiger partial charge >= 0.3 is 11.9 Å². The minimum atomic E-state index is -1.31. The summed E-state index contributed by atoms with van der Waals surface area (Å²) in [6.45, 7) is 13.9. The topological polar surface area (TPSA) is 132 Å². The van der Waals surface area contributed by atoms with Crippen LogP contribution in [0, 0.1) is 17.3 Å². The lowest BCUT2D eigenvalue weighted by molar-refractivity contribution is -0.198. The van der Waals surface area contributed by atoms with Crippen LogP contribution >= 0.6 is 0 Å². The van der Waals surface area contributed by atoms with E-state index in [1.807, 2.05) is 57.2 Å². The van der Waals surface area contributed by atoms with Gasteiger partial charge in [0.1, 0.15) is 12.7 Å². The molecule has 3 aliphatic heterocycles. The maximum Gasteiger partial charge on any atom is 0.335 e. The van der Waals surface area contributed by atoms with Crippen molar-refractivity contribution in [3.63, 3.8) is 0 Å². The molecule has 0 unspecified atom stereocenters. The van der Waals surface area contributed by atoms with Gasteiger partial charge in [0, 0.05) is 31.3 Å². The fourth-order valence-corrected chi connectivity index (χ4v) is 6.27. The first-order chi connectivity index (χ1) is 23.8. The molecule has 4 bridgehead atoms. The van der Waals surface area contributed by atoms with Crippen molar-refractivity contribution in [3.05, 3.63) is 84.6 Å². The second kappa shape index (κ2) is 20.7. The van der Waals surface area contributed by atoms with Crippen molar-refractivity contribution >= 4 is 11.9 Å². The zero-order chi connectivity index (χ0) is 36.7. The van der Waals surface area contributed by atoms with Crippen LogP contribution in [0.3, 0.4) is 0 Å². The SMILES string of the molecule is C=C(CCC(C)C)COC(=O)[C@@H](O)C/C=C/C[C@@H]1O[C@@H]2/C=C/C/C=C/C(C)=C\[C@H]3O[C@@H](C/C=C/C=C/C(=O)O[C@H](C2)[C@@]1(C)CO)C[C@H](O)[C@H]3C. The molecule has 0 aliphatic carbocycles. The van der Waals surface area contributed by atoms with Gasteiger partial charge in [-0.15, -0.1) is 0 Å². The van der Waals surface area contributed by atoms with Crippen LogP contribution in [0.1, 0.15) is 86.0 Å². The van der Waals surface area contributed by atoms with Gasteiger partial charge in [0.15, 0.2) is 6.10 Å². The molecule has 3 rings (SSSR count). The number of aliphatic hydroxyl groups excluding tert-OH is 3. The van der Waals surface area contributed by atoms with Crippen LogP contribution in [0.25, 0.3) is 0 Å². The molecule has 9 heteroatoms. The van der Waals surface area contributed by atoms with Crippen molar-refractivity contribution in [2.45, 2.75) is 129 Å². The van der Waals surface area contributed by atoms with Gasteiger partial charge in [0.25, 0.3) is 0 Å². The minimum absolute atomic E-state index is 0.0218. The summed E-state index contributed by atoms with van der Waals surface area (Å²) >= 11 is 0. The number of carbonyl (C=O) groups is 2. The largest absolute Gasteiger partial charge is 0.459 e. The summed E-state index contributed by atoms with van der Waals surface area (Å²) in [5.74, 6) is -0.720. The van der Waals surface area contributed by atoms with Gasteiger partial charge in [-0.25, -0.2) is 9.59 Å². The Bertz CT molecular complexity index is 1290. The Kier molecular flexibility index (Phi) is 17.1. The summed E-state index contributed by atoms with van der Waals surface area (Å²) in [5, 5.41) is 31.6. The Labute approximate surface area is 299 Å². The van der Waals surface area contributed by atoms with Crippen molar-refractivity contribution in [3.8, 4) is 0 Å². The molecule has 2 saturated heterocycles. The van der Waals surface area contributed by atoms with E-state index in [2.05, 4.69) is 26.5 Å². The van der Waals surface area contributed by atoms with Crippen LogP contribution in [0.5, 0.6) is 0 Å². The molecule has 0 saturated carbocycles. The molecule has 0 aromatic heterocycles. The fourth-order valence-electron chi connectivity index (χ4n) is 6.27. The molecule has 0 aromatic carbocycles. The van der Waals surface area contributed by atoms with Crippen LogP contribution in [-0.4, -0.2) is 83.2 Å². The van der Waals surface area contributed by atoms with E-state index < -0.39 is 41.8 Å². The van der Waals surface area contributed by atoms with Gasteiger partial charge in [0.2, 0.25) is 0 Å². The number of hydrogen-bond acceptors (Lipinski definition) is 9. The first-order valence-electron chi connectivity index (χ1n) is 18.1. The quantitative estimate of drug-likeness (QED) is 0.166. The summed E-state index contributed by atoms with van der Waals surface area (Å²) in [6, 6.07) is 0. The van der Waals surface area contributed by atoms with Crippen molar-refractivity contribution in [2.75, 3.05) is 13.2 Å². The number of aliphatic hydroxyl groups is 3. The van der Waals surface area contributed by atoms with Gasteiger partial charge < -0.3 is 34.3 Å². The summed E-state index contributed by atoms with van der Waals surface area (Å²) in [5.41, 5.74) is 0.954. The van der Waals surface area contributed by atoms with E-state index in [1.54, 1.807) is 18.2 Å². The predicted molar refractivity (Wildman–Crippen MR) is 195 cm³/mol. The summed E-state index contributed by atoms with van der Waals surface area (Å²) in [6.07, 6.45) is 21.0. The molecule has 3 N–H and O–H groups in total. The maximum atomic E-state index is 13.0. The summed E-state index contributed by atoms with van der Waals surface area (Å²) in [4.78, 5) is 25.3. The van der Waals surface area contributed by atoms with E-state index in [-0.39, 0.29) is 43.9 Å². The van der Waals surface area contributed by atoms with E-state index in [1.165, 1.54) is 6.08 Å². The molecular weight excluding hydrogens is 636 g/mol. The van der Waals surface area contributed by atoms with Crippen LogP contribution in [0.15, 0.2) is 84.6 Å². The molecule has 278 valence electrons. The molecule has 3 heterocycles. The van der Waals surface area contributed by atoms with E-state index in [9.17, 15) is 24.9 Å². The molecule has 2 fully saturated rings. The molecule has 9 nitrogen and oxygen atoms in total. The van der Waals surface area contributed by atoms with Gasteiger partial charge in [0.05, 0.1) is 42.5 Å². The van der Waals surface area contributed by atoms with Gasteiger partial charge in [-0.3, -0.25) is 0 Å². The number of allylic oxidation sites excluding steroid dienone is 6. The van der Waals surface area contributed by atoms with Crippen LogP contribution in [-0.2, 0) is 28.5 Å². The third-order valence-electron chi connectivity index (χ3n) is 9.79. The van der Waals surface area contributed by atoms with Crippen molar-refractivity contribution in [2.24, 2.45) is 17.3 Å². The number of hydrogen-bond donors (Lipinski definition) is 3. The Morgan fingerprint density at radius 3 is 2.66 bits per heavy atom. The molecule has 0 aromatic rings. The highest BCUT2D eigenvalue weighted by Crippen LogP contribution is 2.41. The molecule has 9 atom stereocenters. The number of ether oxygens (including phenoxy) is 4. The molecule has 50 heavy (non-hydrogen) atoms. The normalized spacial score (nSPS) is 35.3. The molecule has 0 amide bonds. The maximum absolute atomic E-state index is 13.0. The molecule has 3 aliphatic rings. The smallest absolute Gasteiger partial charge is 0.335 e. The molecule has 0 radical (unpaired) electrons. The molecular formula is C41H60O9. The number of rotatable bonds is 11. The highest BCUT2D eigenvalue weighted by Gasteiger charge is 2.49. The Hall–Kier alpha value is -3.08. The Balaban J connectivity index is 1.71. The van der Waals surface area contributed by atoms with Crippen molar-refractivity contribution in [1.82, 2.24) is 0 Å². The first kappa shape index (κ1) is 41.3. The predicted octanol–water partition coefficient (Wildman–Crippen LogP) is 6.41. The number of carbonyl (C=O) groups excluding carboxylic acids is 2. The zero-order valence-electron chi connectivity index (χ0n) is 30.6. The highest BCUT2D eigenvalue weighted by atomic mass is 16.6. The van der Waals surface area contributed by atoms with Gasteiger partial charge in [-0.05, 0) is 50.5 Å². The van der Waals surface area contributed by atoms with Crippen LogP contribution in [0.4, 0.5) is 0 Å². The van der Waals surface area contributed by atoms with Crippen molar-refractivity contribution in [1.29, 1.82) is 0 Å². The lowest BCUT2D eigenvalue weighted by Gasteiger charge is -2.47. The third-order valence-corrected chi connectivity index (χ3v) is 9.79. The highest BCUT2D eigenvalue weighted by molar-refractivity contribution is 5.82. The lowest BCUT2D eigenvalue weighted by Crippen LogP contribution is -2.55. The van der Waals surface area contributed by atoms with Gasteiger partial charge in [-0.2, -0.15) is 0 Å². The fraction of sp³-hybridized carbons (Fsp3) is 0.610. The van der Waals surface area contributed by atoms with E-state index in [0.29, 0.717) is 38.0 Å². The van der Waals surface area contributed by atoms with E-state index in [0.717, 1.165) is 24.0 Å². The third kappa shape index (κ3) is 13.2. The Morgan fingerprint density at radius 1 is 1.14 bits per heavy atom. The standard InChI is InChI=1S/C41H60O9/c1-28(2)21-22-30(4)26-47-40(46)34(43)18-13-14-19-37-41(6,27-42)38-25-33(49-37)17-10-7-9-15-29(3)23-36-31(5)35(44)24-32(48-36)16-11-8-12-20-39(45)50-38/h8-15,17,20,23,28,31-38,42-44H,4,7,16,18-19,21-22,24-27H2,1-3,5-6H3/b11-8+,14-13+,15-9+,17-10+,20-12+,29-23-/t31-,32+,33-,34+,35+,36-,37+,38-,41+/m1/s1. The van der Waals surface area contributed by atoms with Crippen LogP contribution < -0.4 is 0 Å². The van der Waals surface area contributed by atoms with Crippen molar-refractivity contribution < 1.29 is 43.9 Å². The number of fused-ring (bicyclic) bond motifs is 4. The molecule has 0 spiro atoms. The summed E-state index contributed by atoms with van der Waals surface area (Å²) < 4.78 is 23.9. The van der Waals surface area contributed by atoms with Crippen LogP contribution in [0.2, 0.25) is 0 Å².